The van der Waals surface area contributed by atoms with Crippen LogP contribution in [-0.4, -0.2) is 28.0 Å². The molecule has 1 aromatic heterocycles. The zero-order valence-electron chi connectivity index (χ0n) is 12.5. The lowest BCUT2D eigenvalue weighted by Crippen LogP contribution is -2.62. The van der Waals surface area contributed by atoms with E-state index in [9.17, 15) is 4.79 Å². The molecule has 4 nitrogen and oxygen atoms in total. The normalized spacial score (nSPS) is 21.4. The van der Waals surface area contributed by atoms with Crippen LogP contribution in [0.5, 0.6) is 0 Å². The van der Waals surface area contributed by atoms with Gasteiger partial charge < -0.3 is 10.6 Å². The van der Waals surface area contributed by atoms with E-state index in [4.69, 9.17) is 0 Å². The smallest absolute Gasteiger partial charge is 0.270 e. The molecule has 0 aliphatic carbocycles. The first-order valence-electron chi connectivity index (χ1n) is 6.90. The van der Waals surface area contributed by atoms with Crippen LogP contribution in [0.2, 0.25) is 0 Å². The SMILES string of the molecule is CC1(C)CC(NC(=O)c2cccc(Br)n2)CC(C)(C)N1. The Morgan fingerprint density at radius 3 is 2.45 bits per heavy atom. The number of rotatable bonds is 2. The summed E-state index contributed by atoms with van der Waals surface area (Å²) in [5.74, 6) is -0.107. The number of pyridine rings is 1. The summed E-state index contributed by atoms with van der Waals surface area (Å²) in [5.41, 5.74) is 0.489. The summed E-state index contributed by atoms with van der Waals surface area (Å²) in [4.78, 5) is 16.5. The van der Waals surface area contributed by atoms with Gasteiger partial charge in [0.2, 0.25) is 0 Å². The minimum Gasteiger partial charge on any atom is -0.348 e. The maximum Gasteiger partial charge on any atom is 0.270 e. The third-order valence-corrected chi connectivity index (χ3v) is 3.91. The van der Waals surface area contributed by atoms with Gasteiger partial charge in [0.15, 0.2) is 0 Å². The van der Waals surface area contributed by atoms with Gasteiger partial charge in [-0.1, -0.05) is 6.07 Å². The fourth-order valence-corrected chi connectivity index (χ4v) is 3.56. The number of piperidine rings is 1. The molecule has 110 valence electrons. The highest BCUT2D eigenvalue weighted by molar-refractivity contribution is 9.10. The second kappa shape index (κ2) is 5.45. The van der Waals surface area contributed by atoms with Crippen LogP contribution in [0.25, 0.3) is 0 Å². The Balaban J connectivity index is 2.08. The molecular formula is C15H22BrN3O. The van der Waals surface area contributed by atoms with Crippen LogP contribution < -0.4 is 10.6 Å². The van der Waals surface area contributed by atoms with Crippen LogP contribution in [0.1, 0.15) is 51.0 Å². The predicted molar refractivity (Wildman–Crippen MR) is 83.7 cm³/mol. The van der Waals surface area contributed by atoms with Crippen molar-refractivity contribution in [1.82, 2.24) is 15.6 Å². The van der Waals surface area contributed by atoms with Gasteiger partial charge in [-0.05, 0) is 68.6 Å². The molecule has 1 aliphatic heterocycles. The summed E-state index contributed by atoms with van der Waals surface area (Å²) in [6.45, 7) is 8.68. The number of aromatic nitrogens is 1. The molecule has 1 aliphatic rings. The average Bonchev–Trinajstić information content (AvgIpc) is 2.24. The fraction of sp³-hybridized carbons (Fsp3) is 0.600. The van der Waals surface area contributed by atoms with E-state index >= 15 is 0 Å². The summed E-state index contributed by atoms with van der Waals surface area (Å²) >= 11 is 3.29. The molecule has 2 heterocycles. The van der Waals surface area contributed by atoms with Crippen LogP contribution in [-0.2, 0) is 0 Å². The van der Waals surface area contributed by atoms with Gasteiger partial charge in [-0.3, -0.25) is 4.79 Å². The van der Waals surface area contributed by atoms with E-state index in [1.165, 1.54) is 0 Å². The third kappa shape index (κ3) is 4.03. The molecule has 0 saturated carbocycles. The number of amides is 1. The lowest BCUT2D eigenvalue weighted by Gasteiger charge is -2.46. The molecule has 0 atom stereocenters. The van der Waals surface area contributed by atoms with Crippen LogP contribution in [0.4, 0.5) is 0 Å². The number of carbonyl (C=O) groups is 1. The number of carbonyl (C=O) groups excluding carboxylic acids is 1. The van der Waals surface area contributed by atoms with E-state index in [1.807, 2.05) is 12.1 Å². The van der Waals surface area contributed by atoms with Crippen LogP contribution in [0, 0.1) is 0 Å². The number of halogens is 1. The number of hydrogen-bond acceptors (Lipinski definition) is 3. The van der Waals surface area contributed by atoms with E-state index in [-0.39, 0.29) is 23.0 Å². The summed E-state index contributed by atoms with van der Waals surface area (Å²) in [5, 5.41) is 6.72. The van der Waals surface area contributed by atoms with Crippen molar-refractivity contribution in [3.63, 3.8) is 0 Å². The molecule has 2 N–H and O–H groups in total. The molecule has 0 radical (unpaired) electrons. The maximum absolute atomic E-state index is 12.3. The molecule has 0 unspecified atom stereocenters. The first-order chi connectivity index (χ1) is 9.17. The highest BCUT2D eigenvalue weighted by Crippen LogP contribution is 2.28. The summed E-state index contributed by atoms with van der Waals surface area (Å²) in [6.07, 6.45) is 1.83. The van der Waals surface area contributed by atoms with Gasteiger partial charge in [0.05, 0.1) is 0 Å². The first kappa shape index (κ1) is 15.4. The lowest BCUT2D eigenvalue weighted by molar-refractivity contribution is 0.0868. The van der Waals surface area contributed by atoms with E-state index in [2.05, 4.69) is 59.2 Å². The minimum atomic E-state index is -0.107. The highest BCUT2D eigenvalue weighted by atomic mass is 79.9. The van der Waals surface area contributed by atoms with Crippen molar-refractivity contribution in [3.8, 4) is 0 Å². The molecule has 1 amide bonds. The number of nitrogens with zero attached hydrogens (tertiary/aromatic N) is 1. The van der Waals surface area contributed by atoms with Gasteiger partial charge in [0.1, 0.15) is 10.3 Å². The molecule has 0 bridgehead atoms. The van der Waals surface area contributed by atoms with Gasteiger partial charge >= 0.3 is 0 Å². The van der Waals surface area contributed by atoms with Crippen molar-refractivity contribution in [3.05, 3.63) is 28.5 Å². The molecule has 0 spiro atoms. The number of hydrogen-bond donors (Lipinski definition) is 2. The monoisotopic (exact) mass is 339 g/mol. The Kier molecular flexibility index (Phi) is 4.21. The zero-order chi connectivity index (χ0) is 15.0. The Morgan fingerprint density at radius 2 is 1.90 bits per heavy atom. The van der Waals surface area contributed by atoms with E-state index < -0.39 is 0 Å². The van der Waals surface area contributed by atoms with Gasteiger partial charge in [-0.2, -0.15) is 0 Å². The summed E-state index contributed by atoms with van der Waals surface area (Å²) in [7, 11) is 0. The molecule has 5 heteroatoms. The largest absolute Gasteiger partial charge is 0.348 e. The van der Waals surface area contributed by atoms with Crippen molar-refractivity contribution < 1.29 is 4.79 Å². The van der Waals surface area contributed by atoms with Gasteiger partial charge in [-0.25, -0.2) is 4.98 Å². The van der Waals surface area contributed by atoms with E-state index in [0.717, 1.165) is 12.8 Å². The van der Waals surface area contributed by atoms with Gasteiger partial charge in [0.25, 0.3) is 5.91 Å². The van der Waals surface area contributed by atoms with Crippen LogP contribution in [0.3, 0.4) is 0 Å². The molecule has 0 aromatic carbocycles. The Labute approximate surface area is 128 Å². The molecule has 1 saturated heterocycles. The summed E-state index contributed by atoms with van der Waals surface area (Å²) in [6, 6.07) is 5.53. The van der Waals surface area contributed by atoms with Crippen LogP contribution in [0.15, 0.2) is 22.8 Å². The molecule has 20 heavy (non-hydrogen) atoms. The zero-order valence-corrected chi connectivity index (χ0v) is 14.0. The predicted octanol–water partition coefficient (Wildman–Crippen LogP) is 2.88. The standard InChI is InChI=1S/C15H22BrN3O/c1-14(2)8-10(9-15(3,4)19-14)17-13(20)11-6-5-7-12(16)18-11/h5-7,10,19H,8-9H2,1-4H3,(H,17,20). The highest BCUT2D eigenvalue weighted by Gasteiger charge is 2.38. The molecule has 2 rings (SSSR count). The van der Waals surface area contributed by atoms with Crippen molar-refractivity contribution in [2.45, 2.75) is 57.7 Å². The maximum atomic E-state index is 12.3. The van der Waals surface area contributed by atoms with Gasteiger partial charge in [-0.15, -0.1) is 0 Å². The minimum absolute atomic E-state index is 0.0183. The lowest BCUT2D eigenvalue weighted by atomic mass is 9.79. The Hall–Kier alpha value is -0.940. The van der Waals surface area contributed by atoms with Crippen LogP contribution >= 0.6 is 15.9 Å². The van der Waals surface area contributed by atoms with Gasteiger partial charge in [0, 0.05) is 17.1 Å². The second-order valence-corrected chi connectivity index (χ2v) is 7.63. The van der Waals surface area contributed by atoms with Crippen molar-refractivity contribution in [1.29, 1.82) is 0 Å². The topological polar surface area (TPSA) is 54.0 Å². The molecule has 1 aromatic rings. The first-order valence-corrected chi connectivity index (χ1v) is 7.69. The molecule has 1 fully saturated rings. The average molecular weight is 340 g/mol. The Bertz CT molecular complexity index is 498. The van der Waals surface area contributed by atoms with Crippen molar-refractivity contribution in [2.75, 3.05) is 0 Å². The van der Waals surface area contributed by atoms with E-state index in [0.29, 0.717) is 10.3 Å². The molecular weight excluding hydrogens is 318 g/mol. The number of nitrogens with one attached hydrogen (secondary N) is 2. The van der Waals surface area contributed by atoms with Crippen molar-refractivity contribution in [2.24, 2.45) is 0 Å². The van der Waals surface area contributed by atoms with E-state index in [1.54, 1.807) is 6.07 Å². The Morgan fingerprint density at radius 1 is 1.30 bits per heavy atom. The quantitative estimate of drug-likeness (QED) is 0.814. The fourth-order valence-electron chi connectivity index (χ4n) is 3.22. The van der Waals surface area contributed by atoms with Crippen molar-refractivity contribution >= 4 is 21.8 Å². The second-order valence-electron chi connectivity index (χ2n) is 6.82. The third-order valence-electron chi connectivity index (χ3n) is 3.47. The summed E-state index contributed by atoms with van der Waals surface area (Å²) < 4.78 is 0.677.